The summed E-state index contributed by atoms with van der Waals surface area (Å²) in [6, 6.07) is 11.2. The van der Waals surface area contributed by atoms with E-state index in [0.29, 0.717) is 5.75 Å². The van der Waals surface area contributed by atoms with Gasteiger partial charge in [-0.15, -0.1) is 0 Å². The quantitative estimate of drug-likeness (QED) is 0.335. The minimum absolute atomic E-state index is 0.00189. The van der Waals surface area contributed by atoms with Crippen LogP contribution in [0.3, 0.4) is 0 Å². The number of nitro groups is 1. The number of nitro benzene ring substituents is 1. The highest BCUT2D eigenvalue weighted by Crippen LogP contribution is 2.24. The molecule has 0 saturated heterocycles. The molecule has 0 aliphatic heterocycles. The largest absolute Gasteiger partial charge is 0.496 e. The zero-order chi connectivity index (χ0) is 17.5. The molecule has 0 N–H and O–H groups in total. The molecule has 0 radical (unpaired) electrons. The summed E-state index contributed by atoms with van der Waals surface area (Å²) in [7, 11) is 1.37. The van der Waals surface area contributed by atoms with E-state index in [1.54, 1.807) is 0 Å². The maximum Gasteiger partial charge on any atom is 0.342 e. The summed E-state index contributed by atoms with van der Waals surface area (Å²) >= 11 is 0. The predicted molar refractivity (Wildman–Crippen MR) is 86.6 cm³/mol. The van der Waals surface area contributed by atoms with Gasteiger partial charge in [0.15, 0.2) is 0 Å². The van der Waals surface area contributed by atoms with Crippen LogP contribution in [0.4, 0.5) is 5.69 Å². The number of benzene rings is 2. The highest BCUT2D eigenvalue weighted by atomic mass is 16.6. The lowest BCUT2D eigenvalue weighted by Crippen LogP contribution is -2.13. The van der Waals surface area contributed by atoms with Crippen molar-refractivity contribution in [1.29, 1.82) is 0 Å². The van der Waals surface area contributed by atoms with E-state index < -0.39 is 10.9 Å². The molecule has 0 atom stereocenters. The minimum Gasteiger partial charge on any atom is -0.496 e. The number of hydrogen-bond acceptors (Lipinski definition) is 6. The van der Waals surface area contributed by atoms with Gasteiger partial charge >= 0.3 is 5.97 Å². The van der Waals surface area contributed by atoms with Crippen LogP contribution in [0.15, 0.2) is 42.5 Å². The Labute approximate surface area is 138 Å². The zero-order valence-corrected chi connectivity index (χ0v) is 13.4. The Kier molecular flexibility index (Phi) is 5.73. The second-order valence-corrected chi connectivity index (χ2v) is 4.94. The van der Waals surface area contributed by atoms with Crippen LogP contribution < -0.4 is 9.47 Å². The first kappa shape index (κ1) is 17.3. The summed E-state index contributed by atoms with van der Waals surface area (Å²) in [5.41, 5.74) is 0.909. The van der Waals surface area contributed by atoms with Crippen LogP contribution in [0.5, 0.6) is 11.5 Å². The molecule has 2 rings (SSSR count). The van der Waals surface area contributed by atoms with Crippen LogP contribution in [-0.2, 0) is 4.74 Å². The molecule has 7 heteroatoms. The molecule has 126 valence electrons. The van der Waals surface area contributed by atoms with Crippen molar-refractivity contribution in [2.75, 3.05) is 20.3 Å². The molecule has 0 heterocycles. The third kappa shape index (κ3) is 4.45. The normalized spacial score (nSPS) is 10.1. The molecule has 24 heavy (non-hydrogen) atoms. The van der Waals surface area contributed by atoms with E-state index in [0.717, 1.165) is 11.6 Å². The number of methoxy groups -OCH3 is 1. The minimum atomic E-state index is -0.706. The highest BCUT2D eigenvalue weighted by Gasteiger charge is 2.18. The number of ether oxygens (including phenoxy) is 3. The number of nitrogens with zero attached hydrogens (tertiary/aromatic N) is 1. The molecule has 7 nitrogen and oxygen atoms in total. The molecule has 0 amide bonds. The van der Waals surface area contributed by atoms with Gasteiger partial charge in [-0.05, 0) is 25.1 Å². The van der Waals surface area contributed by atoms with E-state index in [9.17, 15) is 14.9 Å². The lowest BCUT2D eigenvalue weighted by Gasteiger charge is -2.10. The molecule has 0 unspecified atom stereocenters. The van der Waals surface area contributed by atoms with E-state index in [4.69, 9.17) is 14.2 Å². The maximum absolute atomic E-state index is 12.1. The van der Waals surface area contributed by atoms with E-state index in [-0.39, 0.29) is 30.2 Å². The van der Waals surface area contributed by atoms with Crippen molar-refractivity contribution in [1.82, 2.24) is 0 Å². The number of carbonyl (C=O) groups excluding carboxylic acids is 1. The fourth-order valence-electron chi connectivity index (χ4n) is 1.98. The van der Waals surface area contributed by atoms with Gasteiger partial charge in [0.2, 0.25) is 0 Å². The molecule has 0 aliphatic carbocycles. The van der Waals surface area contributed by atoms with Gasteiger partial charge in [-0.1, -0.05) is 17.7 Å². The predicted octanol–water partition coefficient (Wildman–Crippen LogP) is 3.15. The monoisotopic (exact) mass is 331 g/mol. The Bertz CT molecular complexity index is 726. The Hall–Kier alpha value is -3.09. The number of aryl methyl sites for hydroxylation is 1. The van der Waals surface area contributed by atoms with Gasteiger partial charge < -0.3 is 14.2 Å². The molecular formula is C17H17NO6. The molecule has 2 aromatic carbocycles. The van der Waals surface area contributed by atoms with Crippen LogP contribution in [0.25, 0.3) is 0 Å². The zero-order valence-electron chi connectivity index (χ0n) is 13.4. The van der Waals surface area contributed by atoms with Gasteiger partial charge in [0, 0.05) is 12.1 Å². The second-order valence-electron chi connectivity index (χ2n) is 4.94. The van der Waals surface area contributed by atoms with Crippen molar-refractivity contribution in [3.05, 3.63) is 63.7 Å². The standard InChI is InChI=1S/C17H17NO6/c1-12-3-6-14(7-4-12)23-9-10-24-17(19)15-11-13(18(20)21)5-8-16(15)22-2/h3-8,11H,9-10H2,1-2H3. The van der Waals surface area contributed by atoms with Gasteiger partial charge in [0.25, 0.3) is 5.69 Å². The lowest BCUT2D eigenvalue weighted by molar-refractivity contribution is -0.384. The fourth-order valence-corrected chi connectivity index (χ4v) is 1.98. The average molecular weight is 331 g/mol. The SMILES string of the molecule is COc1ccc([N+](=O)[O-])cc1C(=O)OCCOc1ccc(C)cc1. The van der Waals surface area contributed by atoms with Crippen molar-refractivity contribution in [3.8, 4) is 11.5 Å². The average Bonchev–Trinajstić information content (AvgIpc) is 2.59. The maximum atomic E-state index is 12.1. The molecule has 0 aliphatic rings. The first-order valence-corrected chi connectivity index (χ1v) is 7.20. The smallest absolute Gasteiger partial charge is 0.342 e. The van der Waals surface area contributed by atoms with Crippen molar-refractivity contribution in [3.63, 3.8) is 0 Å². The topological polar surface area (TPSA) is 87.9 Å². The van der Waals surface area contributed by atoms with Gasteiger partial charge in [-0.3, -0.25) is 10.1 Å². The fraction of sp³-hybridized carbons (Fsp3) is 0.235. The molecule has 0 spiro atoms. The summed E-state index contributed by atoms with van der Waals surface area (Å²) in [6.45, 7) is 2.16. The van der Waals surface area contributed by atoms with Crippen LogP contribution in [0, 0.1) is 17.0 Å². The second kappa shape index (κ2) is 7.96. The van der Waals surface area contributed by atoms with Crippen molar-refractivity contribution in [2.45, 2.75) is 6.92 Å². The van der Waals surface area contributed by atoms with Gasteiger partial charge in [-0.2, -0.15) is 0 Å². The number of carbonyl (C=O) groups is 1. The Morgan fingerprint density at radius 3 is 2.46 bits per heavy atom. The Balaban J connectivity index is 1.93. The lowest BCUT2D eigenvalue weighted by atomic mass is 10.2. The van der Waals surface area contributed by atoms with Crippen LogP contribution in [0.1, 0.15) is 15.9 Å². The van der Waals surface area contributed by atoms with Gasteiger partial charge in [0.05, 0.1) is 12.0 Å². The van der Waals surface area contributed by atoms with Crippen molar-refractivity contribution in [2.24, 2.45) is 0 Å². The van der Waals surface area contributed by atoms with E-state index in [1.807, 2.05) is 31.2 Å². The highest BCUT2D eigenvalue weighted by molar-refractivity contribution is 5.93. The van der Waals surface area contributed by atoms with Gasteiger partial charge in [-0.25, -0.2) is 4.79 Å². The summed E-state index contributed by atoms with van der Waals surface area (Å²) in [4.78, 5) is 22.3. The van der Waals surface area contributed by atoms with E-state index in [1.165, 1.54) is 19.2 Å². The summed E-state index contributed by atoms with van der Waals surface area (Å²) in [5.74, 6) is 0.178. The summed E-state index contributed by atoms with van der Waals surface area (Å²) in [5, 5.41) is 10.8. The van der Waals surface area contributed by atoms with Crippen LogP contribution >= 0.6 is 0 Å². The Morgan fingerprint density at radius 2 is 1.83 bits per heavy atom. The first-order chi connectivity index (χ1) is 11.5. The molecular weight excluding hydrogens is 314 g/mol. The van der Waals surface area contributed by atoms with Gasteiger partial charge in [0.1, 0.15) is 30.3 Å². The third-order valence-corrected chi connectivity index (χ3v) is 3.22. The number of esters is 1. The Morgan fingerprint density at radius 1 is 1.12 bits per heavy atom. The molecule has 0 saturated carbocycles. The van der Waals surface area contributed by atoms with E-state index >= 15 is 0 Å². The molecule has 0 bridgehead atoms. The van der Waals surface area contributed by atoms with Crippen molar-refractivity contribution >= 4 is 11.7 Å². The molecule has 2 aromatic rings. The summed E-state index contributed by atoms with van der Waals surface area (Å²) < 4.78 is 15.6. The molecule has 0 fully saturated rings. The number of rotatable bonds is 7. The number of non-ortho nitro benzene ring substituents is 1. The third-order valence-electron chi connectivity index (χ3n) is 3.22. The molecule has 0 aromatic heterocycles. The van der Waals surface area contributed by atoms with Crippen molar-refractivity contribution < 1.29 is 23.9 Å². The first-order valence-electron chi connectivity index (χ1n) is 7.20. The van der Waals surface area contributed by atoms with E-state index in [2.05, 4.69) is 0 Å². The van der Waals surface area contributed by atoms with Crippen LogP contribution in [-0.4, -0.2) is 31.2 Å². The number of hydrogen-bond donors (Lipinski definition) is 0. The summed E-state index contributed by atoms with van der Waals surface area (Å²) in [6.07, 6.45) is 0. The van der Waals surface area contributed by atoms with Crippen LogP contribution in [0.2, 0.25) is 0 Å².